The van der Waals surface area contributed by atoms with Gasteiger partial charge in [-0.25, -0.2) is 0 Å². The normalized spacial score (nSPS) is 15.4. The lowest BCUT2D eigenvalue weighted by Gasteiger charge is -2.31. The average Bonchev–Trinajstić information content (AvgIpc) is 3.28. The maximum atomic E-state index is 13.2. The highest BCUT2D eigenvalue weighted by Gasteiger charge is 2.27. The summed E-state index contributed by atoms with van der Waals surface area (Å²) < 4.78 is 0. The number of hydrogen-bond donors (Lipinski definition) is 0. The second kappa shape index (κ2) is 6.50. The van der Waals surface area contributed by atoms with Gasteiger partial charge in [0, 0.05) is 18.7 Å². The number of fused-ring (bicyclic) bond motifs is 3. The Hall–Kier alpha value is -3.21. The molecule has 0 bridgehead atoms. The van der Waals surface area contributed by atoms with E-state index >= 15 is 0 Å². The largest absolute Gasteiger partial charge is 0.355 e. The minimum Gasteiger partial charge on any atom is -0.355 e. The van der Waals surface area contributed by atoms with Gasteiger partial charge in [-0.2, -0.15) is 0 Å². The minimum atomic E-state index is -0.113. The third-order valence-electron chi connectivity index (χ3n) is 5.38. The molecule has 1 saturated heterocycles. The fourth-order valence-corrected chi connectivity index (χ4v) is 3.99. The zero-order valence-corrected chi connectivity index (χ0v) is 15.0. The van der Waals surface area contributed by atoms with Gasteiger partial charge in [0.1, 0.15) is 0 Å². The zero-order valence-electron chi connectivity index (χ0n) is 15.0. The van der Waals surface area contributed by atoms with Crippen molar-refractivity contribution >= 4 is 17.4 Å². The lowest BCUT2D eigenvalue weighted by Crippen LogP contribution is -2.34. The molecule has 0 N–H and O–H groups in total. The van der Waals surface area contributed by atoms with E-state index in [2.05, 4.69) is 33.3 Å². The van der Waals surface area contributed by atoms with E-state index in [1.165, 1.54) is 18.4 Å². The molecule has 2 aliphatic rings. The second-order valence-electron chi connectivity index (χ2n) is 7.04. The summed E-state index contributed by atoms with van der Waals surface area (Å²) >= 11 is 0. The smallest absolute Gasteiger partial charge is 0.279 e. The lowest BCUT2D eigenvalue weighted by atomic mass is 9.93. The highest BCUT2D eigenvalue weighted by atomic mass is 16.2. The van der Waals surface area contributed by atoms with Crippen molar-refractivity contribution in [1.29, 1.82) is 0 Å². The Kier molecular flexibility index (Phi) is 3.85. The van der Waals surface area contributed by atoms with Gasteiger partial charge in [-0.05, 0) is 42.2 Å². The Morgan fingerprint density at radius 1 is 0.815 bits per heavy atom. The predicted octanol–water partition coefficient (Wildman–Crippen LogP) is 3.90. The molecule has 27 heavy (non-hydrogen) atoms. The van der Waals surface area contributed by atoms with Crippen LogP contribution in [0.4, 0.5) is 11.5 Å². The van der Waals surface area contributed by atoms with E-state index in [9.17, 15) is 4.79 Å². The van der Waals surface area contributed by atoms with E-state index in [0.29, 0.717) is 12.2 Å². The monoisotopic (exact) mass is 356 g/mol. The van der Waals surface area contributed by atoms with Gasteiger partial charge in [0.05, 0.1) is 12.2 Å². The highest BCUT2D eigenvalue weighted by molar-refractivity contribution is 6.08. The van der Waals surface area contributed by atoms with Crippen molar-refractivity contribution in [3.05, 3.63) is 71.9 Å². The molecule has 2 aliphatic heterocycles. The molecule has 3 aromatic rings. The molecule has 0 aliphatic carbocycles. The van der Waals surface area contributed by atoms with Gasteiger partial charge in [-0.1, -0.05) is 42.5 Å². The third-order valence-corrected chi connectivity index (χ3v) is 5.38. The van der Waals surface area contributed by atoms with Crippen LogP contribution in [-0.2, 0) is 6.54 Å². The van der Waals surface area contributed by atoms with Crippen LogP contribution < -0.4 is 9.80 Å². The van der Waals surface area contributed by atoms with Gasteiger partial charge in [-0.15, -0.1) is 10.2 Å². The quantitative estimate of drug-likeness (QED) is 0.699. The van der Waals surface area contributed by atoms with Crippen molar-refractivity contribution in [2.24, 2.45) is 0 Å². The summed E-state index contributed by atoms with van der Waals surface area (Å²) in [5.74, 6) is 0.742. The molecule has 0 radical (unpaired) electrons. The van der Waals surface area contributed by atoms with Crippen molar-refractivity contribution in [3.8, 4) is 11.1 Å². The number of carbonyl (C=O) groups is 1. The molecule has 5 heteroatoms. The van der Waals surface area contributed by atoms with Crippen molar-refractivity contribution in [1.82, 2.24) is 10.2 Å². The van der Waals surface area contributed by atoms with Gasteiger partial charge < -0.3 is 9.80 Å². The van der Waals surface area contributed by atoms with Crippen LogP contribution in [0.3, 0.4) is 0 Å². The van der Waals surface area contributed by atoms with Crippen molar-refractivity contribution in [2.45, 2.75) is 19.4 Å². The summed E-state index contributed by atoms with van der Waals surface area (Å²) in [6, 6.07) is 20.0. The fraction of sp³-hybridized carbons (Fsp3) is 0.227. The second-order valence-corrected chi connectivity index (χ2v) is 7.04. The van der Waals surface area contributed by atoms with Crippen LogP contribution in [0.15, 0.2) is 60.7 Å². The van der Waals surface area contributed by atoms with Crippen LogP contribution in [-0.4, -0.2) is 29.2 Å². The molecule has 1 fully saturated rings. The number of nitrogens with zero attached hydrogens (tertiary/aromatic N) is 4. The first-order chi connectivity index (χ1) is 13.3. The molecule has 0 atom stereocenters. The van der Waals surface area contributed by atoms with Crippen molar-refractivity contribution in [2.75, 3.05) is 22.9 Å². The third kappa shape index (κ3) is 2.76. The molecular formula is C22H20N4O. The van der Waals surface area contributed by atoms with E-state index < -0.39 is 0 Å². The molecule has 1 amide bonds. The van der Waals surface area contributed by atoms with E-state index in [4.69, 9.17) is 0 Å². The summed E-state index contributed by atoms with van der Waals surface area (Å²) in [5, 5.41) is 8.55. The molecular weight excluding hydrogens is 336 g/mol. The Bertz CT molecular complexity index is 993. The topological polar surface area (TPSA) is 49.3 Å². The molecule has 0 unspecified atom stereocenters. The SMILES string of the molecule is O=C(c1ccc(N2CCCC2)nn1)N1Cc2ccccc2-c2ccccc21. The number of carbonyl (C=O) groups excluding carboxylic acids is 1. The summed E-state index contributed by atoms with van der Waals surface area (Å²) in [6.07, 6.45) is 2.37. The highest BCUT2D eigenvalue weighted by Crippen LogP contribution is 2.39. The van der Waals surface area contributed by atoms with Gasteiger partial charge in [0.2, 0.25) is 0 Å². The molecule has 0 saturated carbocycles. The maximum absolute atomic E-state index is 13.2. The van der Waals surface area contributed by atoms with E-state index in [-0.39, 0.29) is 5.91 Å². The van der Waals surface area contributed by atoms with E-state index in [1.807, 2.05) is 36.4 Å². The Balaban J connectivity index is 1.48. The first-order valence-corrected chi connectivity index (χ1v) is 9.39. The van der Waals surface area contributed by atoms with Crippen LogP contribution in [0.25, 0.3) is 11.1 Å². The van der Waals surface area contributed by atoms with E-state index in [0.717, 1.165) is 35.7 Å². The number of benzene rings is 2. The number of para-hydroxylation sites is 1. The molecule has 134 valence electrons. The first-order valence-electron chi connectivity index (χ1n) is 9.39. The Morgan fingerprint density at radius 2 is 1.56 bits per heavy atom. The average molecular weight is 356 g/mol. The number of hydrogen-bond acceptors (Lipinski definition) is 4. The zero-order chi connectivity index (χ0) is 18.2. The van der Waals surface area contributed by atoms with Crippen LogP contribution in [0.1, 0.15) is 28.9 Å². The van der Waals surface area contributed by atoms with Crippen LogP contribution in [0.2, 0.25) is 0 Å². The standard InChI is InChI=1S/C22H20N4O/c27-22(19-11-12-21(24-23-19)25-13-5-6-14-25)26-15-16-7-1-2-8-17(16)18-9-3-4-10-20(18)26/h1-4,7-12H,5-6,13-15H2. The van der Waals surface area contributed by atoms with Crippen molar-refractivity contribution in [3.63, 3.8) is 0 Å². The molecule has 3 heterocycles. The summed E-state index contributed by atoms with van der Waals surface area (Å²) in [7, 11) is 0. The summed E-state index contributed by atoms with van der Waals surface area (Å²) in [6.45, 7) is 2.57. The predicted molar refractivity (Wildman–Crippen MR) is 106 cm³/mol. The fourth-order valence-electron chi connectivity index (χ4n) is 3.99. The van der Waals surface area contributed by atoms with E-state index in [1.54, 1.807) is 11.0 Å². The molecule has 2 aromatic carbocycles. The van der Waals surface area contributed by atoms with Gasteiger partial charge >= 0.3 is 0 Å². The number of aromatic nitrogens is 2. The van der Waals surface area contributed by atoms with Crippen LogP contribution >= 0.6 is 0 Å². The summed E-state index contributed by atoms with van der Waals surface area (Å²) in [4.78, 5) is 17.2. The number of anilines is 2. The van der Waals surface area contributed by atoms with Gasteiger partial charge in [0.25, 0.3) is 5.91 Å². The molecule has 1 aromatic heterocycles. The van der Waals surface area contributed by atoms with Gasteiger partial charge in [-0.3, -0.25) is 4.79 Å². The number of amides is 1. The molecule has 5 rings (SSSR count). The van der Waals surface area contributed by atoms with Crippen LogP contribution in [0, 0.1) is 0 Å². The lowest BCUT2D eigenvalue weighted by molar-refractivity contribution is 0.0979. The minimum absolute atomic E-state index is 0.113. The Labute approximate surface area is 158 Å². The first kappa shape index (κ1) is 16.0. The molecule has 5 nitrogen and oxygen atoms in total. The van der Waals surface area contributed by atoms with Gasteiger partial charge in [0.15, 0.2) is 11.5 Å². The summed E-state index contributed by atoms with van der Waals surface area (Å²) in [5.41, 5.74) is 4.71. The number of rotatable bonds is 2. The van der Waals surface area contributed by atoms with Crippen molar-refractivity contribution < 1.29 is 4.79 Å². The van der Waals surface area contributed by atoms with Crippen LogP contribution in [0.5, 0.6) is 0 Å². The molecule has 0 spiro atoms. The maximum Gasteiger partial charge on any atom is 0.279 e. The Morgan fingerprint density at radius 3 is 2.33 bits per heavy atom.